The van der Waals surface area contributed by atoms with E-state index in [1.165, 1.54) is 18.0 Å². The summed E-state index contributed by atoms with van der Waals surface area (Å²) >= 11 is 0. The van der Waals surface area contributed by atoms with Crippen LogP contribution in [0, 0.1) is 5.92 Å². The van der Waals surface area contributed by atoms with Gasteiger partial charge in [0.2, 0.25) is 0 Å². The number of methoxy groups -OCH3 is 2. The quantitative estimate of drug-likeness (QED) is 0.777. The van der Waals surface area contributed by atoms with Crippen molar-refractivity contribution in [3.8, 4) is 11.5 Å². The van der Waals surface area contributed by atoms with Crippen molar-refractivity contribution in [2.24, 2.45) is 5.92 Å². The van der Waals surface area contributed by atoms with Gasteiger partial charge in [0.05, 0.1) is 50.2 Å². The average molecular weight is 403 g/mol. The van der Waals surface area contributed by atoms with E-state index in [2.05, 4.69) is 9.88 Å². The smallest absolute Gasteiger partial charge is 0.261 e. The molecule has 2 fully saturated rings. The van der Waals surface area contributed by atoms with Crippen LogP contribution in [0.4, 0.5) is 0 Å². The van der Waals surface area contributed by atoms with E-state index in [1.54, 1.807) is 19.2 Å². The minimum Gasteiger partial charge on any atom is -0.493 e. The van der Waals surface area contributed by atoms with Gasteiger partial charge in [-0.25, -0.2) is 4.98 Å². The first kappa shape index (κ1) is 20.1. The van der Waals surface area contributed by atoms with E-state index >= 15 is 0 Å². The van der Waals surface area contributed by atoms with Crippen molar-refractivity contribution in [1.82, 2.24) is 14.5 Å². The van der Waals surface area contributed by atoms with Gasteiger partial charge in [-0.05, 0) is 31.2 Å². The van der Waals surface area contributed by atoms with Crippen LogP contribution < -0.4 is 15.0 Å². The standard InChI is InChI=1S/C21H29N3O5/c1-27-18-9-16-17(10-19(18)28-2)22-14-24(20(16)25)13-21(26)4-6-23(7-5-21)11-15-3-8-29-12-15/h9-10,14-15,26H,3-8,11-13H2,1-2H3. The van der Waals surface area contributed by atoms with Crippen LogP contribution in [0.2, 0.25) is 0 Å². The molecule has 2 aromatic rings. The highest BCUT2D eigenvalue weighted by Crippen LogP contribution is 2.30. The fourth-order valence-corrected chi connectivity index (χ4v) is 4.32. The highest BCUT2D eigenvalue weighted by molar-refractivity contribution is 5.81. The first-order chi connectivity index (χ1) is 14.0. The van der Waals surface area contributed by atoms with Gasteiger partial charge in [-0.2, -0.15) is 0 Å². The molecule has 8 nitrogen and oxygen atoms in total. The zero-order valence-corrected chi connectivity index (χ0v) is 17.1. The first-order valence-electron chi connectivity index (χ1n) is 10.1. The van der Waals surface area contributed by atoms with Gasteiger partial charge in [0.15, 0.2) is 11.5 Å². The second kappa shape index (κ2) is 8.30. The highest BCUT2D eigenvalue weighted by Gasteiger charge is 2.34. The number of rotatable bonds is 6. The number of nitrogens with zero attached hydrogens (tertiary/aromatic N) is 3. The highest BCUT2D eigenvalue weighted by atomic mass is 16.5. The molecule has 3 heterocycles. The molecule has 0 aliphatic carbocycles. The Hall–Kier alpha value is -2.16. The minimum absolute atomic E-state index is 0.185. The maximum absolute atomic E-state index is 13.0. The Morgan fingerprint density at radius 2 is 1.97 bits per heavy atom. The number of aromatic nitrogens is 2. The Balaban J connectivity index is 1.48. The first-order valence-corrected chi connectivity index (χ1v) is 10.1. The number of fused-ring (bicyclic) bond motifs is 1. The minimum atomic E-state index is -0.904. The summed E-state index contributed by atoms with van der Waals surface area (Å²) in [5.74, 6) is 1.61. The van der Waals surface area contributed by atoms with Crippen molar-refractivity contribution in [2.75, 3.05) is 47.1 Å². The van der Waals surface area contributed by atoms with Crippen molar-refractivity contribution in [3.05, 3.63) is 28.8 Å². The van der Waals surface area contributed by atoms with Crippen LogP contribution in [0.5, 0.6) is 11.5 Å². The number of piperidine rings is 1. The molecular weight excluding hydrogens is 374 g/mol. The molecule has 29 heavy (non-hydrogen) atoms. The van der Waals surface area contributed by atoms with E-state index in [1.807, 2.05) is 0 Å². The van der Waals surface area contributed by atoms with Gasteiger partial charge in [0.25, 0.3) is 5.56 Å². The third-order valence-electron chi connectivity index (χ3n) is 6.12. The van der Waals surface area contributed by atoms with Crippen molar-refractivity contribution >= 4 is 10.9 Å². The van der Waals surface area contributed by atoms with E-state index in [9.17, 15) is 9.90 Å². The fraction of sp³-hybridized carbons (Fsp3) is 0.619. The largest absolute Gasteiger partial charge is 0.493 e. The molecule has 0 spiro atoms. The number of hydrogen-bond acceptors (Lipinski definition) is 7. The number of ether oxygens (including phenoxy) is 3. The molecule has 2 aliphatic heterocycles. The third kappa shape index (κ3) is 4.24. The van der Waals surface area contributed by atoms with E-state index in [4.69, 9.17) is 14.2 Å². The Bertz CT molecular complexity index is 914. The molecule has 0 radical (unpaired) electrons. The second-order valence-corrected chi connectivity index (χ2v) is 8.16. The van der Waals surface area contributed by atoms with Gasteiger partial charge in [-0.15, -0.1) is 0 Å². The predicted molar refractivity (Wildman–Crippen MR) is 109 cm³/mol. The second-order valence-electron chi connectivity index (χ2n) is 8.16. The van der Waals surface area contributed by atoms with Gasteiger partial charge in [0, 0.05) is 32.3 Å². The molecule has 4 rings (SSSR count). The Labute approximate surface area is 170 Å². The summed E-state index contributed by atoms with van der Waals surface area (Å²) in [5, 5.41) is 11.6. The molecule has 1 aromatic carbocycles. The van der Waals surface area contributed by atoms with Crippen LogP contribution in [-0.4, -0.2) is 72.2 Å². The van der Waals surface area contributed by atoms with Gasteiger partial charge < -0.3 is 24.2 Å². The van der Waals surface area contributed by atoms with E-state index in [0.29, 0.717) is 41.2 Å². The maximum atomic E-state index is 13.0. The summed E-state index contributed by atoms with van der Waals surface area (Å²) in [6.45, 7) is 4.62. The van der Waals surface area contributed by atoms with E-state index in [0.717, 1.165) is 39.3 Å². The van der Waals surface area contributed by atoms with Gasteiger partial charge in [0.1, 0.15) is 0 Å². The van der Waals surface area contributed by atoms with Crippen LogP contribution in [0.3, 0.4) is 0 Å². The fourth-order valence-electron chi connectivity index (χ4n) is 4.32. The van der Waals surface area contributed by atoms with Crippen LogP contribution in [0.1, 0.15) is 19.3 Å². The third-order valence-corrected chi connectivity index (χ3v) is 6.12. The van der Waals surface area contributed by atoms with Crippen molar-refractivity contribution < 1.29 is 19.3 Å². The zero-order valence-electron chi connectivity index (χ0n) is 17.1. The average Bonchev–Trinajstić information content (AvgIpc) is 3.24. The molecule has 2 aliphatic rings. The molecule has 0 saturated carbocycles. The SMILES string of the molecule is COc1cc2ncn(CC3(O)CCN(CC4CCOC4)CC3)c(=O)c2cc1OC. The number of likely N-dealkylation sites (tertiary alicyclic amines) is 1. The summed E-state index contributed by atoms with van der Waals surface area (Å²) in [6, 6.07) is 3.34. The van der Waals surface area contributed by atoms with Gasteiger partial charge >= 0.3 is 0 Å². The van der Waals surface area contributed by atoms with Crippen LogP contribution >= 0.6 is 0 Å². The van der Waals surface area contributed by atoms with Gasteiger partial charge in [-0.3, -0.25) is 9.36 Å². The summed E-state index contributed by atoms with van der Waals surface area (Å²) < 4.78 is 17.6. The van der Waals surface area contributed by atoms with Crippen molar-refractivity contribution in [1.29, 1.82) is 0 Å². The molecule has 0 bridgehead atoms. The zero-order chi connectivity index (χ0) is 20.4. The number of hydrogen-bond donors (Lipinski definition) is 1. The lowest BCUT2D eigenvalue weighted by atomic mass is 9.90. The summed E-state index contributed by atoms with van der Waals surface area (Å²) in [6.07, 6.45) is 3.90. The van der Waals surface area contributed by atoms with Gasteiger partial charge in [-0.1, -0.05) is 0 Å². The maximum Gasteiger partial charge on any atom is 0.261 e. The Kier molecular flexibility index (Phi) is 5.76. The predicted octanol–water partition coefficient (Wildman–Crippen LogP) is 1.28. The van der Waals surface area contributed by atoms with Crippen molar-refractivity contribution in [3.63, 3.8) is 0 Å². The Morgan fingerprint density at radius 1 is 1.24 bits per heavy atom. The molecule has 2 saturated heterocycles. The normalized spacial score (nSPS) is 22.1. The molecular formula is C21H29N3O5. The molecule has 0 amide bonds. The van der Waals surface area contributed by atoms with E-state index in [-0.39, 0.29) is 12.1 Å². The lowest BCUT2D eigenvalue weighted by Gasteiger charge is -2.39. The summed E-state index contributed by atoms with van der Waals surface area (Å²) in [7, 11) is 3.08. The molecule has 1 unspecified atom stereocenters. The lowest BCUT2D eigenvalue weighted by molar-refractivity contribution is -0.0374. The number of aliphatic hydroxyl groups is 1. The molecule has 8 heteroatoms. The molecule has 1 aromatic heterocycles. The van der Waals surface area contributed by atoms with Crippen LogP contribution in [0.25, 0.3) is 10.9 Å². The van der Waals surface area contributed by atoms with Crippen LogP contribution in [0.15, 0.2) is 23.3 Å². The molecule has 1 atom stereocenters. The van der Waals surface area contributed by atoms with Crippen molar-refractivity contribution in [2.45, 2.75) is 31.4 Å². The monoisotopic (exact) mass is 403 g/mol. The van der Waals surface area contributed by atoms with Crippen LogP contribution in [-0.2, 0) is 11.3 Å². The summed E-state index contributed by atoms with van der Waals surface area (Å²) in [4.78, 5) is 19.8. The molecule has 1 N–H and O–H groups in total. The molecule has 158 valence electrons. The Morgan fingerprint density at radius 3 is 2.62 bits per heavy atom. The lowest BCUT2D eigenvalue weighted by Crippen LogP contribution is -2.49. The number of benzene rings is 1. The summed E-state index contributed by atoms with van der Waals surface area (Å²) in [5.41, 5.74) is -0.544. The topological polar surface area (TPSA) is 86.0 Å². The van der Waals surface area contributed by atoms with E-state index < -0.39 is 5.60 Å².